The van der Waals surface area contributed by atoms with E-state index in [9.17, 15) is 18.4 Å². The van der Waals surface area contributed by atoms with E-state index >= 15 is 0 Å². The summed E-state index contributed by atoms with van der Waals surface area (Å²) in [5, 5.41) is 4.73. The first-order valence-electron chi connectivity index (χ1n) is 7.19. The van der Waals surface area contributed by atoms with E-state index in [1.807, 2.05) is 18.2 Å². The summed E-state index contributed by atoms with van der Waals surface area (Å²) in [6.45, 7) is 1.52. The lowest BCUT2D eigenvalue weighted by Gasteiger charge is -2.14. The van der Waals surface area contributed by atoms with Crippen molar-refractivity contribution in [2.24, 2.45) is 0 Å². The molecule has 0 saturated heterocycles. The van der Waals surface area contributed by atoms with Crippen molar-refractivity contribution in [3.8, 4) is 0 Å². The lowest BCUT2D eigenvalue weighted by molar-refractivity contribution is -0.117. The Bertz CT molecular complexity index is 723. The third-order valence-electron chi connectivity index (χ3n) is 3.13. The number of rotatable bonds is 5. The fraction of sp³-hybridized carbons (Fsp3) is 0.176. The molecule has 0 unspecified atom stereocenters. The SMILES string of the molecule is C[C@@H](NC(=O)OCc1ccccc1)C(=O)Nc1ccc(F)c(F)c1. The highest BCUT2D eigenvalue weighted by molar-refractivity contribution is 5.96. The smallest absolute Gasteiger partial charge is 0.408 e. The molecule has 0 aliphatic rings. The van der Waals surface area contributed by atoms with Crippen LogP contribution < -0.4 is 10.6 Å². The minimum Gasteiger partial charge on any atom is -0.445 e. The van der Waals surface area contributed by atoms with Crippen molar-refractivity contribution in [1.29, 1.82) is 0 Å². The van der Waals surface area contributed by atoms with E-state index in [0.29, 0.717) is 0 Å². The highest BCUT2D eigenvalue weighted by atomic mass is 19.2. The van der Waals surface area contributed by atoms with Crippen LogP contribution >= 0.6 is 0 Å². The fourth-order valence-corrected chi connectivity index (χ4v) is 1.83. The average molecular weight is 334 g/mol. The standard InChI is InChI=1S/C17H16F2N2O3/c1-11(16(22)21-13-7-8-14(18)15(19)9-13)20-17(23)24-10-12-5-3-2-4-6-12/h2-9,11H,10H2,1H3,(H,20,23)(H,21,22)/t11-/m1/s1. The van der Waals surface area contributed by atoms with Crippen LogP contribution in [0, 0.1) is 11.6 Å². The lowest BCUT2D eigenvalue weighted by atomic mass is 10.2. The molecule has 2 aromatic rings. The van der Waals surface area contributed by atoms with Gasteiger partial charge < -0.3 is 15.4 Å². The Hall–Kier alpha value is -2.96. The molecule has 0 aromatic heterocycles. The van der Waals surface area contributed by atoms with E-state index in [1.165, 1.54) is 13.0 Å². The van der Waals surface area contributed by atoms with Gasteiger partial charge >= 0.3 is 6.09 Å². The van der Waals surface area contributed by atoms with E-state index in [4.69, 9.17) is 4.74 Å². The molecule has 1 atom stereocenters. The maximum atomic E-state index is 13.1. The van der Waals surface area contributed by atoms with Crippen molar-refractivity contribution in [3.05, 3.63) is 65.7 Å². The minimum atomic E-state index is -1.07. The zero-order valence-corrected chi connectivity index (χ0v) is 12.9. The van der Waals surface area contributed by atoms with Crippen molar-refractivity contribution in [2.45, 2.75) is 19.6 Å². The van der Waals surface area contributed by atoms with Gasteiger partial charge in [-0.05, 0) is 24.6 Å². The maximum absolute atomic E-state index is 13.1. The second kappa shape index (κ2) is 8.05. The number of halogens is 2. The number of carbonyl (C=O) groups excluding carboxylic acids is 2. The number of hydrogen-bond acceptors (Lipinski definition) is 3. The second-order valence-electron chi connectivity index (χ2n) is 5.05. The van der Waals surface area contributed by atoms with Crippen LogP contribution in [0.15, 0.2) is 48.5 Å². The van der Waals surface area contributed by atoms with E-state index < -0.39 is 29.7 Å². The Morgan fingerprint density at radius 1 is 1.08 bits per heavy atom. The van der Waals surface area contributed by atoms with Gasteiger partial charge in [0.2, 0.25) is 5.91 Å². The summed E-state index contributed by atoms with van der Waals surface area (Å²) in [5.41, 5.74) is 0.900. The summed E-state index contributed by atoms with van der Waals surface area (Å²) >= 11 is 0. The number of amides is 2. The first-order chi connectivity index (χ1) is 11.5. The number of carbonyl (C=O) groups is 2. The van der Waals surface area contributed by atoms with Crippen LogP contribution in [-0.4, -0.2) is 18.0 Å². The number of alkyl carbamates (subject to hydrolysis) is 1. The van der Waals surface area contributed by atoms with Gasteiger partial charge in [-0.1, -0.05) is 30.3 Å². The molecule has 2 rings (SSSR count). The summed E-state index contributed by atoms with van der Waals surface area (Å²) in [7, 11) is 0. The van der Waals surface area contributed by atoms with Gasteiger partial charge in [0.1, 0.15) is 12.6 Å². The van der Waals surface area contributed by atoms with Gasteiger partial charge in [0, 0.05) is 11.8 Å². The molecule has 0 aliphatic heterocycles. The van der Waals surface area contributed by atoms with E-state index in [-0.39, 0.29) is 12.3 Å². The first kappa shape index (κ1) is 17.4. The predicted octanol–water partition coefficient (Wildman–Crippen LogP) is 3.22. The van der Waals surface area contributed by atoms with Gasteiger partial charge in [0.15, 0.2) is 11.6 Å². The van der Waals surface area contributed by atoms with Crippen LogP contribution in [0.25, 0.3) is 0 Å². The van der Waals surface area contributed by atoms with Crippen LogP contribution in [-0.2, 0) is 16.1 Å². The Kier molecular flexibility index (Phi) is 5.83. The number of nitrogens with one attached hydrogen (secondary N) is 2. The van der Waals surface area contributed by atoms with E-state index in [1.54, 1.807) is 12.1 Å². The molecule has 2 amide bonds. The van der Waals surface area contributed by atoms with Crippen LogP contribution in [0.1, 0.15) is 12.5 Å². The number of anilines is 1. The monoisotopic (exact) mass is 334 g/mol. The molecule has 0 bridgehead atoms. The molecule has 7 heteroatoms. The molecule has 0 spiro atoms. The first-order valence-corrected chi connectivity index (χ1v) is 7.19. The Balaban J connectivity index is 1.82. The largest absolute Gasteiger partial charge is 0.445 e. The molecule has 0 heterocycles. The highest BCUT2D eigenvalue weighted by Gasteiger charge is 2.17. The third kappa shape index (κ3) is 5.05. The average Bonchev–Trinajstić information content (AvgIpc) is 2.57. The summed E-state index contributed by atoms with van der Waals surface area (Å²) in [6, 6.07) is 11.1. The Morgan fingerprint density at radius 3 is 2.46 bits per heavy atom. The van der Waals surface area contributed by atoms with Crippen molar-refractivity contribution in [2.75, 3.05) is 5.32 Å². The Labute approximate surface area is 137 Å². The normalized spacial score (nSPS) is 11.5. The molecule has 0 saturated carbocycles. The van der Waals surface area contributed by atoms with Crippen molar-refractivity contribution < 1.29 is 23.1 Å². The summed E-state index contributed by atoms with van der Waals surface area (Å²) in [5.74, 6) is -2.67. The molecule has 0 radical (unpaired) electrons. The zero-order chi connectivity index (χ0) is 17.5. The molecule has 5 nitrogen and oxygen atoms in total. The number of benzene rings is 2. The molecular formula is C17H16F2N2O3. The molecule has 0 fully saturated rings. The van der Waals surface area contributed by atoms with Crippen molar-refractivity contribution in [3.63, 3.8) is 0 Å². The molecule has 2 aromatic carbocycles. The number of ether oxygens (including phenoxy) is 1. The maximum Gasteiger partial charge on any atom is 0.408 e. The summed E-state index contributed by atoms with van der Waals surface area (Å²) < 4.78 is 30.9. The predicted molar refractivity (Wildman–Crippen MR) is 84.2 cm³/mol. The van der Waals surface area contributed by atoms with Gasteiger partial charge in [0.25, 0.3) is 0 Å². The van der Waals surface area contributed by atoms with Crippen LogP contribution in [0.2, 0.25) is 0 Å². The zero-order valence-electron chi connectivity index (χ0n) is 12.9. The van der Waals surface area contributed by atoms with Crippen LogP contribution in [0.3, 0.4) is 0 Å². The van der Waals surface area contributed by atoms with Gasteiger partial charge in [-0.15, -0.1) is 0 Å². The molecule has 2 N–H and O–H groups in total. The molecular weight excluding hydrogens is 318 g/mol. The topological polar surface area (TPSA) is 67.4 Å². The van der Waals surface area contributed by atoms with Gasteiger partial charge in [-0.3, -0.25) is 4.79 Å². The number of hydrogen-bond donors (Lipinski definition) is 2. The summed E-state index contributed by atoms with van der Waals surface area (Å²) in [6.07, 6.45) is -0.758. The van der Waals surface area contributed by atoms with E-state index in [2.05, 4.69) is 10.6 Å². The van der Waals surface area contributed by atoms with Crippen molar-refractivity contribution in [1.82, 2.24) is 5.32 Å². The van der Waals surface area contributed by atoms with Gasteiger partial charge in [-0.2, -0.15) is 0 Å². The molecule has 24 heavy (non-hydrogen) atoms. The highest BCUT2D eigenvalue weighted by Crippen LogP contribution is 2.13. The van der Waals surface area contributed by atoms with Crippen molar-refractivity contribution >= 4 is 17.7 Å². The third-order valence-corrected chi connectivity index (χ3v) is 3.13. The second-order valence-corrected chi connectivity index (χ2v) is 5.05. The molecule has 0 aliphatic carbocycles. The molecule has 126 valence electrons. The van der Waals surface area contributed by atoms with Gasteiger partial charge in [-0.25, -0.2) is 13.6 Å². The van der Waals surface area contributed by atoms with Crippen LogP contribution in [0.5, 0.6) is 0 Å². The van der Waals surface area contributed by atoms with E-state index in [0.717, 1.165) is 17.7 Å². The quantitative estimate of drug-likeness (QED) is 0.882. The fourth-order valence-electron chi connectivity index (χ4n) is 1.83. The Morgan fingerprint density at radius 2 is 1.79 bits per heavy atom. The minimum absolute atomic E-state index is 0.0736. The van der Waals surface area contributed by atoms with Gasteiger partial charge in [0.05, 0.1) is 0 Å². The lowest BCUT2D eigenvalue weighted by Crippen LogP contribution is -2.41. The summed E-state index contributed by atoms with van der Waals surface area (Å²) in [4.78, 5) is 23.6. The van der Waals surface area contributed by atoms with Crippen LogP contribution in [0.4, 0.5) is 19.3 Å².